The first-order valence-corrected chi connectivity index (χ1v) is 20.6. The maximum absolute atomic E-state index is 12.8. The minimum Gasteiger partial charge on any atom is -0.476 e. The fourth-order valence-corrected chi connectivity index (χ4v) is 11.9. The van der Waals surface area contributed by atoms with Crippen LogP contribution in [0.3, 0.4) is 0 Å². The van der Waals surface area contributed by atoms with Crippen LogP contribution in [0.25, 0.3) is 21.3 Å². The lowest BCUT2D eigenvalue weighted by Gasteiger charge is -2.69. The first-order valence-electron chi connectivity index (χ1n) is 19.8. The van der Waals surface area contributed by atoms with Crippen molar-refractivity contribution in [2.24, 2.45) is 16.2 Å². The lowest BCUT2D eigenvalue weighted by molar-refractivity contribution is -0.247. The minimum atomic E-state index is -1.12. The van der Waals surface area contributed by atoms with E-state index >= 15 is 0 Å². The van der Waals surface area contributed by atoms with Crippen molar-refractivity contribution in [3.05, 3.63) is 65.6 Å². The normalized spacial score (nSPS) is 25.6. The van der Waals surface area contributed by atoms with E-state index in [0.29, 0.717) is 49.1 Å². The van der Waals surface area contributed by atoms with Gasteiger partial charge in [-0.3, -0.25) is 4.68 Å². The molecular formula is C42H53N9O5S. The first kappa shape index (κ1) is 39.3. The van der Waals surface area contributed by atoms with Crippen molar-refractivity contribution in [1.29, 1.82) is 0 Å². The number of thiazole rings is 1. The lowest BCUT2D eigenvalue weighted by Crippen LogP contribution is -2.64. The molecule has 5 N–H and O–H groups in total. The second kappa shape index (κ2) is 15.0. The smallest absolute Gasteiger partial charge is 0.355 e. The minimum absolute atomic E-state index is 0.00400. The van der Waals surface area contributed by atoms with Gasteiger partial charge in [0.05, 0.1) is 41.3 Å². The molecule has 57 heavy (non-hydrogen) atoms. The third kappa shape index (κ3) is 7.87. The van der Waals surface area contributed by atoms with Crippen LogP contribution in [0.2, 0.25) is 0 Å². The number of carboxylic acids is 1. The predicted molar refractivity (Wildman–Crippen MR) is 221 cm³/mol. The van der Waals surface area contributed by atoms with Gasteiger partial charge in [0.1, 0.15) is 5.82 Å². The van der Waals surface area contributed by atoms with E-state index in [2.05, 4.69) is 49.3 Å². The highest BCUT2D eigenvalue weighted by atomic mass is 32.1. The van der Waals surface area contributed by atoms with Crippen molar-refractivity contribution in [1.82, 2.24) is 35.3 Å². The number of benzene rings is 1. The zero-order chi connectivity index (χ0) is 40.2. The molecule has 3 unspecified atom stereocenters. The first-order chi connectivity index (χ1) is 27.2. The van der Waals surface area contributed by atoms with Crippen LogP contribution in [0.4, 0.5) is 22.6 Å². The maximum atomic E-state index is 12.8. The number of nitrogens with zero attached hydrogens (tertiary/aromatic N) is 7. The Kier molecular flexibility index (Phi) is 10.3. The van der Waals surface area contributed by atoms with Crippen molar-refractivity contribution in [3.8, 4) is 11.1 Å². The highest BCUT2D eigenvalue weighted by Gasteiger charge is 2.66. The molecule has 0 aliphatic heterocycles. The van der Waals surface area contributed by atoms with Crippen molar-refractivity contribution >= 4 is 50.1 Å². The van der Waals surface area contributed by atoms with Crippen LogP contribution in [0.5, 0.6) is 0 Å². The molecule has 0 amide bonds. The van der Waals surface area contributed by atoms with Gasteiger partial charge in [0, 0.05) is 37.0 Å². The molecular weight excluding hydrogens is 743 g/mol. The Morgan fingerprint density at radius 1 is 0.982 bits per heavy atom. The summed E-state index contributed by atoms with van der Waals surface area (Å²) >= 11 is 1.54. The van der Waals surface area contributed by atoms with Crippen molar-refractivity contribution in [2.45, 2.75) is 90.9 Å². The molecule has 4 saturated carbocycles. The fourth-order valence-electron chi connectivity index (χ4n) is 11.1. The second-order valence-electron chi connectivity index (χ2n) is 17.7. The van der Waals surface area contributed by atoms with Crippen LogP contribution in [-0.4, -0.2) is 96.3 Å². The average molecular weight is 796 g/mol. The number of anilines is 4. The monoisotopic (exact) mass is 795 g/mol. The summed E-state index contributed by atoms with van der Waals surface area (Å²) in [7, 11) is 1.80. The summed E-state index contributed by atoms with van der Waals surface area (Å²) in [5, 5.41) is 50.3. The molecule has 14 nitrogen and oxygen atoms in total. The molecule has 1 aromatic carbocycles. The van der Waals surface area contributed by atoms with E-state index < -0.39 is 12.1 Å². The van der Waals surface area contributed by atoms with Crippen molar-refractivity contribution in [2.75, 3.05) is 43.6 Å². The number of nitrogens with one attached hydrogen (secondary N) is 2. The number of aromatic carboxylic acids is 1. The number of rotatable bonds is 16. The summed E-state index contributed by atoms with van der Waals surface area (Å²) in [6, 6.07) is 13.5. The quantitative estimate of drug-likeness (QED) is 0.0671. The van der Waals surface area contributed by atoms with Crippen LogP contribution in [0, 0.1) is 30.1 Å². The summed E-state index contributed by atoms with van der Waals surface area (Å²) in [5.74, 6) is 0.426. The number of ether oxygens (including phenoxy) is 1. The van der Waals surface area contributed by atoms with Crippen molar-refractivity contribution in [3.63, 3.8) is 0 Å². The van der Waals surface area contributed by atoms with E-state index in [-0.39, 0.29) is 34.1 Å². The van der Waals surface area contributed by atoms with Gasteiger partial charge in [-0.1, -0.05) is 37.3 Å². The third-order valence-corrected chi connectivity index (χ3v) is 13.3. The number of aryl methyl sites for hydroxylation is 1. The molecule has 0 saturated heterocycles. The van der Waals surface area contributed by atoms with Crippen LogP contribution in [0.15, 0.2) is 48.7 Å². The largest absolute Gasteiger partial charge is 0.476 e. The molecule has 4 fully saturated rings. The Balaban J connectivity index is 0.985. The standard InChI is InChI=1S/C42H53N9O5S/c1-26-16-34(48-49-36(26)47-38-45-31-8-6-7-9-32(31)57-38)50(5)33-11-10-29(35(46-33)37(54)55)30-17-44-51(27(30)2)25-41-20-39(3)19-40(4,21-41)23-42(22-39,24-41)56-15-14-43-13-12-28(53)18-52/h6-11,16-17,28,43,52-53H,12-15,18-25H2,1-5H3,(H,54,55)(H,45,47,49). The molecule has 4 bridgehead atoms. The van der Waals surface area contributed by atoms with Gasteiger partial charge in [-0.25, -0.2) is 14.8 Å². The number of carboxylic acid groups (broad SMARTS) is 1. The number of hydrogen-bond donors (Lipinski definition) is 5. The second-order valence-corrected chi connectivity index (χ2v) is 18.7. The van der Waals surface area contributed by atoms with Gasteiger partial charge in [-0.05, 0) is 117 Å². The van der Waals surface area contributed by atoms with E-state index in [1.165, 1.54) is 6.42 Å². The molecule has 15 heteroatoms. The Bertz CT molecular complexity index is 2240. The third-order valence-electron chi connectivity index (χ3n) is 12.3. The van der Waals surface area contributed by atoms with Gasteiger partial charge in [0.2, 0.25) is 0 Å². The summed E-state index contributed by atoms with van der Waals surface area (Å²) in [6.45, 7) is 11.2. The number of carbonyl (C=O) groups is 1. The van der Waals surface area contributed by atoms with Gasteiger partial charge in [0.25, 0.3) is 0 Å². The summed E-state index contributed by atoms with van der Waals surface area (Å²) in [4.78, 5) is 23.8. The number of hydrogen-bond acceptors (Lipinski definition) is 13. The van der Waals surface area contributed by atoms with E-state index in [9.17, 15) is 15.0 Å². The molecule has 4 heterocycles. The molecule has 5 aromatic rings. The van der Waals surface area contributed by atoms with Crippen LogP contribution in [0.1, 0.15) is 80.5 Å². The Morgan fingerprint density at radius 3 is 2.47 bits per heavy atom. The van der Waals surface area contributed by atoms with E-state index in [0.717, 1.165) is 70.8 Å². The molecule has 0 radical (unpaired) electrons. The van der Waals surface area contributed by atoms with Crippen LogP contribution in [-0.2, 0) is 11.3 Å². The van der Waals surface area contributed by atoms with Gasteiger partial charge in [0.15, 0.2) is 22.5 Å². The molecule has 4 aliphatic rings. The highest BCUT2D eigenvalue weighted by molar-refractivity contribution is 7.22. The topological polar surface area (TPSA) is 184 Å². The molecule has 4 aliphatic carbocycles. The van der Waals surface area contributed by atoms with Gasteiger partial charge >= 0.3 is 5.97 Å². The molecule has 4 aromatic heterocycles. The highest BCUT2D eigenvalue weighted by Crippen LogP contribution is 2.72. The summed E-state index contributed by atoms with van der Waals surface area (Å²) in [6.07, 6.45) is 8.06. The zero-order valence-electron chi connectivity index (χ0n) is 33.4. The van der Waals surface area contributed by atoms with Crippen LogP contribution < -0.4 is 15.5 Å². The number of pyridine rings is 1. The number of aliphatic hydroxyl groups excluding tert-OH is 2. The molecule has 9 rings (SSSR count). The molecule has 302 valence electrons. The Labute approximate surface area is 336 Å². The van der Waals surface area contributed by atoms with Gasteiger partial charge in [-0.15, -0.1) is 10.2 Å². The molecule has 0 spiro atoms. The summed E-state index contributed by atoms with van der Waals surface area (Å²) < 4.78 is 9.98. The van der Waals surface area contributed by atoms with Gasteiger partial charge < -0.3 is 35.6 Å². The van der Waals surface area contributed by atoms with Crippen molar-refractivity contribution < 1.29 is 24.9 Å². The predicted octanol–water partition coefficient (Wildman–Crippen LogP) is 6.64. The van der Waals surface area contributed by atoms with Crippen LogP contribution >= 0.6 is 11.3 Å². The number of aliphatic hydroxyl groups is 2. The van der Waals surface area contributed by atoms with E-state index in [1.54, 1.807) is 29.5 Å². The number of para-hydroxylation sites is 1. The lowest BCUT2D eigenvalue weighted by atomic mass is 9.39. The van der Waals surface area contributed by atoms with Gasteiger partial charge in [-0.2, -0.15) is 5.10 Å². The number of fused-ring (bicyclic) bond motifs is 1. The fraction of sp³-hybridized carbons (Fsp3) is 0.524. The van der Waals surface area contributed by atoms with E-state index in [1.807, 2.05) is 56.3 Å². The zero-order valence-corrected chi connectivity index (χ0v) is 34.2. The van der Waals surface area contributed by atoms with E-state index in [4.69, 9.17) is 14.9 Å². The summed E-state index contributed by atoms with van der Waals surface area (Å²) in [5.41, 5.74) is 4.04. The Hall–Kier alpha value is -4.54. The number of aromatic nitrogens is 6. The molecule has 3 atom stereocenters. The Morgan fingerprint density at radius 2 is 1.75 bits per heavy atom. The maximum Gasteiger partial charge on any atom is 0.355 e. The SMILES string of the molecule is Cc1cc(N(C)c2ccc(-c3cnn(CC45CC6(C)CC(C)(C4)CC(OCCNCCC(O)CO)(C6)C5)c3C)c(C(=O)O)n2)nnc1Nc1nc2ccccc2s1. The average Bonchev–Trinajstić information content (AvgIpc) is 3.73.